The summed E-state index contributed by atoms with van der Waals surface area (Å²) in [6.07, 6.45) is 3.52. The Bertz CT molecular complexity index is 353. The maximum Gasteiger partial charge on any atom is 0.291 e. The van der Waals surface area contributed by atoms with Gasteiger partial charge < -0.3 is 4.42 Å². The van der Waals surface area contributed by atoms with Crippen LogP contribution in [0, 0.1) is 0 Å². The van der Waals surface area contributed by atoms with Gasteiger partial charge in [-0.1, -0.05) is 4.68 Å². The summed E-state index contributed by atoms with van der Waals surface area (Å²) in [5.41, 5.74) is 0.685. The van der Waals surface area contributed by atoms with Crippen molar-refractivity contribution in [2.45, 2.75) is 0 Å². The molecule has 0 saturated heterocycles. The average molecular weight is 135 g/mol. The summed E-state index contributed by atoms with van der Waals surface area (Å²) in [5, 5.41) is 5.13. The van der Waals surface area contributed by atoms with Gasteiger partial charge in [0.2, 0.25) is 0 Å². The molecule has 0 unspecified atom stereocenters. The molecule has 2 rings (SSSR count). The Morgan fingerprint density at radius 1 is 1.50 bits per heavy atom. The topological polar surface area (TPSA) is 29.9 Å². The van der Waals surface area contributed by atoms with Gasteiger partial charge in [-0.3, -0.25) is 0 Å². The minimum atomic E-state index is 0.685. The van der Waals surface area contributed by atoms with Crippen molar-refractivity contribution in [3.63, 3.8) is 0 Å². The standard InChI is InChI=1S/C7H7N2O/c1-9-4-2-6-3-5-10-7(6)8-9/h2-5H,1H3/q+1. The van der Waals surface area contributed by atoms with Crippen molar-refractivity contribution in [3.05, 3.63) is 24.6 Å². The molecule has 0 aliphatic rings. The normalized spacial score (nSPS) is 10.5. The van der Waals surface area contributed by atoms with Gasteiger partial charge in [-0.2, -0.15) is 0 Å². The van der Waals surface area contributed by atoms with E-state index in [0.717, 1.165) is 5.39 Å². The van der Waals surface area contributed by atoms with Crippen LogP contribution in [0.2, 0.25) is 0 Å². The Hall–Kier alpha value is -1.38. The van der Waals surface area contributed by atoms with Crippen LogP contribution in [0.25, 0.3) is 11.1 Å². The fourth-order valence-electron chi connectivity index (χ4n) is 0.884. The number of aromatic nitrogens is 2. The number of rotatable bonds is 0. The Kier molecular flexibility index (Phi) is 0.974. The number of hydrogen-bond acceptors (Lipinski definition) is 2. The second-order valence-electron chi connectivity index (χ2n) is 2.17. The molecular formula is C7H7N2O+. The molecule has 0 amide bonds. The minimum Gasteiger partial charge on any atom is -0.442 e. The molecule has 0 aromatic carbocycles. The molecule has 0 fully saturated rings. The predicted octanol–water partition coefficient (Wildman–Crippen LogP) is 0.652. The highest BCUT2D eigenvalue weighted by Gasteiger charge is 2.00. The van der Waals surface area contributed by atoms with Gasteiger partial charge in [0.05, 0.1) is 11.6 Å². The summed E-state index contributed by atoms with van der Waals surface area (Å²) >= 11 is 0. The van der Waals surface area contributed by atoms with Gasteiger partial charge in [-0.25, -0.2) is 0 Å². The molecule has 0 N–H and O–H groups in total. The van der Waals surface area contributed by atoms with Crippen molar-refractivity contribution in [3.8, 4) is 0 Å². The zero-order valence-electron chi connectivity index (χ0n) is 5.61. The summed E-state index contributed by atoms with van der Waals surface area (Å²) in [4.78, 5) is 0. The van der Waals surface area contributed by atoms with Crippen molar-refractivity contribution in [2.75, 3.05) is 0 Å². The number of hydrogen-bond donors (Lipinski definition) is 0. The third-order valence-electron chi connectivity index (χ3n) is 1.39. The molecule has 0 atom stereocenters. The van der Waals surface area contributed by atoms with E-state index in [1.807, 2.05) is 25.4 Å². The second kappa shape index (κ2) is 1.80. The monoisotopic (exact) mass is 135 g/mol. The quantitative estimate of drug-likeness (QED) is 0.496. The Labute approximate surface area is 57.9 Å². The average Bonchev–Trinajstić information content (AvgIpc) is 2.33. The van der Waals surface area contributed by atoms with Crippen LogP contribution in [-0.4, -0.2) is 5.10 Å². The van der Waals surface area contributed by atoms with E-state index < -0.39 is 0 Å². The van der Waals surface area contributed by atoms with Crippen molar-refractivity contribution in [1.82, 2.24) is 5.10 Å². The van der Waals surface area contributed by atoms with Gasteiger partial charge in [0.15, 0.2) is 13.2 Å². The van der Waals surface area contributed by atoms with E-state index in [4.69, 9.17) is 4.42 Å². The zero-order valence-corrected chi connectivity index (χ0v) is 5.61. The molecule has 0 aliphatic heterocycles. The molecule has 50 valence electrons. The minimum absolute atomic E-state index is 0.685. The number of aryl methyl sites for hydroxylation is 1. The first-order chi connectivity index (χ1) is 4.86. The van der Waals surface area contributed by atoms with E-state index in [1.54, 1.807) is 10.9 Å². The van der Waals surface area contributed by atoms with Crippen LogP contribution in [0.4, 0.5) is 0 Å². The van der Waals surface area contributed by atoms with E-state index >= 15 is 0 Å². The Morgan fingerprint density at radius 3 is 3.30 bits per heavy atom. The highest BCUT2D eigenvalue weighted by molar-refractivity contribution is 5.71. The zero-order chi connectivity index (χ0) is 6.97. The molecular weight excluding hydrogens is 128 g/mol. The Morgan fingerprint density at radius 2 is 2.40 bits per heavy atom. The largest absolute Gasteiger partial charge is 0.442 e. The van der Waals surface area contributed by atoms with Gasteiger partial charge in [0.25, 0.3) is 5.71 Å². The second-order valence-corrected chi connectivity index (χ2v) is 2.17. The summed E-state index contributed by atoms with van der Waals surface area (Å²) in [6.45, 7) is 0. The van der Waals surface area contributed by atoms with E-state index in [1.165, 1.54) is 0 Å². The highest BCUT2D eigenvalue weighted by Crippen LogP contribution is 2.07. The SMILES string of the molecule is C[n+]1ccc2ccoc2n1. The molecule has 0 bridgehead atoms. The number of nitrogens with zero attached hydrogens (tertiary/aromatic N) is 2. The first-order valence-corrected chi connectivity index (χ1v) is 3.06. The Balaban J connectivity index is 2.86. The maximum atomic E-state index is 5.07. The predicted molar refractivity (Wildman–Crippen MR) is 35.2 cm³/mol. The van der Waals surface area contributed by atoms with Gasteiger partial charge in [0, 0.05) is 11.2 Å². The summed E-state index contributed by atoms with van der Waals surface area (Å²) in [7, 11) is 1.86. The van der Waals surface area contributed by atoms with Crippen molar-refractivity contribution in [2.24, 2.45) is 7.05 Å². The fraction of sp³-hybridized carbons (Fsp3) is 0.143. The highest BCUT2D eigenvalue weighted by atomic mass is 16.3. The molecule has 2 heterocycles. The lowest BCUT2D eigenvalue weighted by Gasteiger charge is -1.81. The third-order valence-corrected chi connectivity index (χ3v) is 1.39. The van der Waals surface area contributed by atoms with Crippen molar-refractivity contribution in [1.29, 1.82) is 0 Å². The smallest absolute Gasteiger partial charge is 0.291 e. The number of fused-ring (bicyclic) bond motifs is 1. The van der Waals surface area contributed by atoms with E-state index in [-0.39, 0.29) is 0 Å². The van der Waals surface area contributed by atoms with Gasteiger partial charge in [-0.15, -0.1) is 0 Å². The van der Waals surface area contributed by atoms with E-state index in [2.05, 4.69) is 5.10 Å². The van der Waals surface area contributed by atoms with Crippen LogP contribution in [0.15, 0.2) is 29.0 Å². The van der Waals surface area contributed by atoms with Crippen LogP contribution in [-0.2, 0) is 7.05 Å². The van der Waals surface area contributed by atoms with E-state index in [0.29, 0.717) is 5.71 Å². The van der Waals surface area contributed by atoms with Crippen molar-refractivity contribution < 1.29 is 9.10 Å². The van der Waals surface area contributed by atoms with Crippen LogP contribution in [0.3, 0.4) is 0 Å². The molecule has 2 aromatic heterocycles. The third kappa shape index (κ3) is 0.673. The molecule has 10 heavy (non-hydrogen) atoms. The van der Waals surface area contributed by atoms with Gasteiger partial charge in [-0.05, 0) is 6.07 Å². The maximum absolute atomic E-state index is 5.07. The van der Waals surface area contributed by atoms with Crippen LogP contribution >= 0.6 is 0 Å². The first kappa shape index (κ1) is 5.41. The summed E-state index contributed by atoms with van der Waals surface area (Å²) in [5.74, 6) is 0. The van der Waals surface area contributed by atoms with Crippen LogP contribution < -0.4 is 4.68 Å². The lowest BCUT2D eigenvalue weighted by atomic mass is 10.4. The van der Waals surface area contributed by atoms with Gasteiger partial charge >= 0.3 is 0 Å². The number of furan rings is 1. The van der Waals surface area contributed by atoms with Crippen molar-refractivity contribution >= 4 is 11.1 Å². The lowest BCUT2D eigenvalue weighted by Crippen LogP contribution is -2.31. The fourth-order valence-corrected chi connectivity index (χ4v) is 0.884. The summed E-state index contributed by atoms with van der Waals surface area (Å²) < 4.78 is 6.78. The molecule has 0 spiro atoms. The lowest BCUT2D eigenvalue weighted by molar-refractivity contribution is -0.729. The molecule has 2 aromatic rings. The van der Waals surface area contributed by atoms with E-state index in [9.17, 15) is 0 Å². The van der Waals surface area contributed by atoms with Crippen LogP contribution in [0.1, 0.15) is 0 Å². The molecule has 0 aliphatic carbocycles. The first-order valence-electron chi connectivity index (χ1n) is 3.06. The molecule has 0 radical (unpaired) electrons. The molecule has 0 saturated carbocycles. The van der Waals surface area contributed by atoms with Crippen LogP contribution in [0.5, 0.6) is 0 Å². The molecule has 3 heteroatoms. The van der Waals surface area contributed by atoms with Gasteiger partial charge in [0.1, 0.15) is 0 Å². The summed E-state index contributed by atoms with van der Waals surface area (Å²) in [6, 6.07) is 3.86. The molecule has 3 nitrogen and oxygen atoms in total.